The first-order chi connectivity index (χ1) is 8.27. The van der Waals surface area contributed by atoms with E-state index < -0.39 is 6.10 Å². The Hall–Kier alpha value is -1.94. The zero-order valence-corrected chi connectivity index (χ0v) is 9.81. The summed E-state index contributed by atoms with van der Waals surface area (Å²) in [6.45, 7) is 0. The summed E-state index contributed by atoms with van der Waals surface area (Å²) in [5, 5.41) is 10.3. The van der Waals surface area contributed by atoms with Crippen molar-refractivity contribution in [3.05, 3.63) is 47.8 Å². The number of benzene rings is 1. The molecule has 17 heavy (non-hydrogen) atoms. The van der Waals surface area contributed by atoms with Crippen molar-refractivity contribution in [1.29, 1.82) is 0 Å². The predicted octanol–water partition coefficient (Wildman–Crippen LogP) is 2.11. The van der Waals surface area contributed by atoms with Gasteiger partial charge in [-0.3, -0.25) is 0 Å². The maximum atomic E-state index is 10.3. The Labute approximate surface area is 99.8 Å². The van der Waals surface area contributed by atoms with Gasteiger partial charge in [-0.05, 0) is 18.2 Å². The molecule has 0 aliphatic heterocycles. The highest BCUT2D eigenvalue weighted by Crippen LogP contribution is 2.36. The second kappa shape index (κ2) is 4.93. The van der Waals surface area contributed by atoms with Crippen molar-refractivity contribution < 1.29 is 14.6 Å². The van der Waals surface area contributed by atoms with Crippen molar-refractivity contribution in [2.75, 3.05) is 14.2 Å². The standard InChI is InChI=1S/C13H15NO3/c1-16-10-4-3-5-11(17-2)12(10)13(15)9-6-7-14-8-9/h3-8,13-15H,1-2H3. The molecular weight excluding hydrogens is 218 g/mol. The number of hydrogen-bond acceptors (Lipinski definition) is 3. The van der Waals surface area contributed by atoms with Gasteiger partial charge in [-0.2, -0.15) is 0 Å². The Bertz CT molecular complexity index is 457. The summed E-state index contributed by atoms with van der Waals surface area (Å²) >= 11 is 0. The van der Waals surface area contributed by atoms with E-state index in [4.69, 9.17) is 9.47 Å². The number of nitrogens with one attached hydrogen (secondary N) is 1. The zero-order chi connectivity index (χ0) is 12.3. The van der Waals surface area contributed by atoms with Crippen LogP contribution in [0.4, 0.5) is 0 Å². The van der Waals surface area contributed by atoms with Crippen molar-refractivity contribution in [3.8, 4) is 11.5 Å². The van der Waals surface area contributed by atoms with Gasteiger partial charge < -0.3 is 19.6 Å². The van der Waals surface area contributed by atoms with Crippen LogP contribution in [0.3, 0.4) is 0 Å². The van der Waals surface area contributed by atoms with Crippen LogP contribution in [0.15, 0.2) is 36.7 Å². The minimum atomic E-state index is -0.771. The first kappa shape index (κ1) is 11.5. The molecule has 0 aliphatic rings. The summed E-state index contributed by atoms with van der Waals surface area (Å²) in [6.07, 6.45) is 2.74. The Morgan fingerprint density at radius 2 is 1.76 bits per heavy atom. The third-order valence-electron chi connectivity index (χ3n) is 2.68. The molecule has 0 spiro atoms. The minimum Gasteiger partial charge on any atom is -0.496 e. The third kappa shape index (κ3) is 2.12. The molecular formula is C13H15NO3. The molecule has 0 saturated heterocycles. The molecule has 0 aliphatic carbocycles. The van der Waals surface area contributed by atoms with E-state index in [0.29, 0.717) is 17.1 Å². The van der Waals surface area contributed by atoms with E-state index in [1.54, 1.807) is 38.7 Å². The van der Waals surface area contributed by atoms with Crippen LogP contribution < -0.4 is 9.47 Å². The highest BCUT2D eigenvalue weighted by molar-refractivity contribution is 5.49. The fraction of sp³-hybridized carbons (Fsp3) is 0.231. The second-order valence-electron chi connectivity index (χ2n) is 3.62. The van der Waals surface area contributed by atoms with Crippen molar-refractivity contribution >= 4 is 0 Å². The van der Waals surface area contributed by atoms with Gasteiger partial charge in [-0.25, -0.2) is 0 Å². The molecule has 2 N–H and O–H groups in total. The first-order valence-corrected chi connectivity index (χ1v) is 5.29. The summed E-state index contributed by atoms with van der Waals surface area (Å²) in [5.41, 5.74) is 1.41. The van der Waals surface area contributed by atoms with E-state index in [1.165, 1.54) is 0 Å². The molecule has 0 fully saturated rings. The number of aromatic nitrogens is 1. The highest BCUT2D eigenvalue weighted by Gasteiger charge is 2.20. The molecule has 1 heterocycles. The van der Waals surface area contributed by atoms with Gasteiger partial charge in [0.1, 0.15) is 17.6 Å². The predicted molar refractivity (Wildman–Crippen MR) is 64.4 cm³/mol. The van der Waals surface area contributed by atoms with E-state index >= 15 is 0 Å². The molecule has 90 valence electrons. The van der Waals surface area contributed by atoms with Crippen LogP contribution in [0.2, 0.25) is 0 Å². The highest BCUT2D eigenvalue weighted by atomic mass is 16.5. The lowest BCUT2D eigenvalue weighted by atomic mass is 10.0. The lowest BCUT2D eigenvalue weighted by Gasteiger charge is -2.17. The van der Waals surface area contributed by atoms with E-state index in [2.05, 4.69) is 4.98 Å². The number of aliphatic hydroxyl groups is 1. The van der Waals surface area contributed by atoms with E-state index in [-0.39, 0.29) is 0 Å². The van der Waals surface area contributed by atoms with Crippen molar-refractivity contribution in [2.24, 2.45) is 0 Å². The normalized spacial score (nSPS) is 12.2. The third-order valence-corrected chi connectivity index (χ3v) is 2.68. The SMILES string of the molecule is COc1cccc(OC)c1C(O)c1cc[nH]c1. The molecule has 2 aromatic rings. The fourth-order valence-corrected chi connectivity index (χ4v) is 1.82. The van der Waals surface area contributed by atoms with E-state index in [9.17, 15) is 5.11 Å². The second-order valence-corrected chi connectivity index (χ2v) is 3.62. The largest absolute Gasteiger partial charge is 0.496 e. The van der Waals surface area contributed by atoms with Gasteiger partial charge in [-0.15, -0.1) is 0 Å². The van der Waals surface area contributed by atoms with Crippen molar-refractivity contribution in [3.63, 3.8) is 0 Å². The Balaban J connectivity index is 2.49. The van der Waals surface area contributed by atoms with E-state index in [1.807, 2.05) is 12.1 Å². The molecule has 1 aromatic carbocycles. The number of methoxy groups -OCH3 is 2. The number of ether oxygens (including phenoxy) is 2. The number of rotatable bonds is 4. The smallest absolute Gasteiger partial charge is 0.128 e. The average molecular weight is 233 g/mol. The fourth-order valence-electron chi connectivity index (χ4n) is 1.82. The maximum Gasteiger partial charge on any atom is 0.128 e. The Kier molecular flexibility index (Phi) is 3.35. The molecule has 1 atom stereocenters. The van der Waals surface area contributed by atoms with Gasteiger partial charge >= 0.3 is 0 Å². The lowest BCUT2D eigenvalue weighted by Crippen LogP contribution is -2.04. The monoisotopic (exact) mass is 233 g/mol. The van der Waals surface area contributed by atoms with Gasteiger partial charge in [0.05, 0.1) is 19.8 Å². The number of aliphatic hydroxyl groups excluding tert-OH is 1. The van der Waals surface area contributed by atoms with Gasteiger partial charge in [0.2, 0.25) is 0 Å². The molecule has 2 rings (SSSR count). The summed E-state index contributed by atoms with van der Waals surface area (Å²) in [6, 6.07) is 7.24. The number of hydrogen-bond donors (Lipinski definition) is 2. The van der Waals surface area contributed by atoms with Crippen LogP contribution in [0, 0.1) is 0 Å². The lowest BCUT2D eigenvalue weighted by molar-refractivity contribution is 0.209. The van der Waals surface area contributed by atoms with Gasteiger partial charge in [0.15, 0.2) is 0 Å². The zero-order valence-electron chi connectivity index (χ0n) is 9.81. The topological polar surface area (TPSA) is 54.5 Å². The van der Waals surface area contributed by atoms with Crippen molar-refractivity contribution in [2.45, 2.75) is 6.10 Å². The molecule has 0 saturated carbocycles. The average Bonchev–Trinajstić information content (AvgIpc) is 2.90. The molecule has 0 amide bonds. The molecule has 4 heteroatoms. The minimum absolute atomic E-state index is 0.609. The van der Waals surface area contributed by atoms with Gasteiger partial charge in [0.25, 0.3) is 0 Å². The maximum absolute atomic E-state index is 10.3. The molecule has 1 aromatic heterocycles. The number of H-pyrrole nitrogens is 1. The van der Waals surface area contributed by atoms with Crippen LogP contribution in [0.25, 0.3) is 0 Å². The molecule has 1 unspecified atom stereocenters. The molecule has 0 bridgehead atoms. The van der Waals surface area contributed by atoms with Crippen LogP contribution in [0.1, 0.15) is 17.2 Å². The van der Waals surface area contributed by atoms with Crippen LogP contribution in [0.5, 0.6) is 11.5 Å². The Morgan fingerprint density at radius 3 is 2.24 bits per heavy atom. The first-order valence-electron chi connectivity index (χ1n) is 5.29. The van der Waals surface area contributed by atoms with Crippen LogP contribution >= 0.6 is 0 Å². The summed E-state index contributed by atoms with van der Waals surface area (Å²) < 4.78 is 10.5. The van der Waals surface area contributed by atoms with Crippen LogP contribution in [-0.4, -0.2) is 24.3 Å². The number of aromatic amines is 1. The van der Waals surface area contributed by atoms with Gasteiger partial charge in [0, 0.05) is 18.0 Å². The summed E-state index contributed by atoms with van der Waals surface area (Å²) in [7, 11) is 3.14. The summed E-state index contributed by atoms with van der Waals surface area (Å²) in [5.74, 6) is 1.22. The summed E-state index contributed by atoms with van der Waals surface area (Å²) in [4.78, 5) is 2.91. The Morgan fingerprint density at radius 1 is 1.12 bits per heavy atom. The van der Waals surface area contributed by atoms with Crippen LogP contribution in [-0.2, 0) is 0 Å². The molecule has 4 nitrogen and oxygen atoms in total. The molecule has 0 radical (unpaired) electrons. The quantitative estimate of drug-likeness (QED) is 0.850. The van der Waals surface area contributed by atoms with Gasteiger partial charge in [-0.1, -0.05) is 6.07 Å². The van der Waals surface area contributed by atoms with Crippen molar-refractivity contribution in [1.82, 2.24) is 4.98 Å². The van der Waals surface area contributed by atoms with E-state index in [0.717, 1.165) is 5.56 Å².